The van der Waals surface area contributed by atoms with Gasteiger partial charge in [0.15, 0.2) is 0 Å². The summed E-state index contributed by atoms with van der Waals surface area (Å²) in [6.07, 6.45) is 2.57. The van der Waals surface area contributed by atoms with E-state index >= 15 is 0 Å². The molecule has 0 radical (unpaired) electrons. The molecule has 0 aromatic rings. The quantitative estimate of drug-likeness (QED) is 0.694. The molecule has 0 heterocycles. The van der Waals surface area contributed by atoms with Crippen LogP contribution in [-0.4, -0.2) is 22.8 Å². The van der Waals surface area contributed by atoms with Gasteiger partial charge in [-0.2, -0.15) is 11.8 Å². The van der Waals surface area contributed by atoms with E-state index in [1.807, 2.05) is 11.8 Å². The summed E-state index contributed by atoms with van der Waals surface area (Å²) in [6, 6.07) is 0. The summed E-state index contributed by atoms with van der Waals surface area (Å²) in [5.74, 6) is 1.50. The molecular weight excluding hydrogens is 158 g/mol. The van der Waals surface area contributed by atoms with Crippen molar-refractivity contribution in [3.8, 4) is 0 Å². The maximum Gasteiger partial charge on any atom is 0.135 e. The predicted molar refractivity (Wildman–Crippen MR) is 48.8 cm³/mol. The van der Waals surface area contributed by atoms with Crippen LogP contribution in [0.4, 0.5) is 0 Å². The van der Waals surface area contributed by atoms with Crippen LogP contribution in [0.1, 0.15) is 26.2 Å². The second kappa shape index (κ2) is 3.59. The minimum atomic E-state index is 0.132. The van der Waals surface area contributed by atoms with Gasteiger partial charge in [0.1, 0.15) is 5.78 Å². The molecule has 2 nitrogen and oxygen atoms in total. The minimum absolute atomic E-state index is 0.132. The Morgan fingerprint density at radius 3 is 2.64 bits per heavy atom. The molecule has 0 aromatic heterocycles. The summed E-state index contributed by atoms with van der Waals surface area (Å²) < 4.78 is 0.132. The number of Topliss-reactive ketones (excluding diaryl/α,β-unsaturated/α-hetero) is 1. The monoisotopic (exact) mass is 173 g/mol. The van der Waals surface area contributed by atoms with Crippen molar-refractivity contribution < 1.29 is 4.79 Å². The molecule has 3 heteroatoms. The molecule has 64 valence electrons. The summed E-state index contributed by atoms with van der Waals surface area (Å²) >= 11 is 1.87. The van der Waals surface area contributed by atoms with Gasteiger partial charge in [-0.15, -0.1) is 0 Å². The largest absolute Gasteiger partial charge is 0.329 e. The third-order valence-electron chi connectivity index (χ3n) is 2.02. The highest BCUT2D eigenvalue weighted by Crippen LogP contribution is 2.40. The molecule has 0 amide bonds. The third kappa shape index (κ3) is 1.97. The summed E-state index contributed by atoms with van der Waals surface area (Å²) in [4.78, 5) is 10.8. The molecule has 0 spiro atoms. The van der Waals surface area contributed by atoms with Gasteiger partial charge in [0.2, 0.25) is 0 Å². The lowest BCUT2D eigenvalue weighted by Gasteiger charge is -2.38. The topological polar surface area (TPSA) is 43.1 Å². The Labute approximate surface area is 71.9 Å². The lowest BCUT2D eigenvalue weighted by Crippen LogP contribution is -2.47. The van der Waals surface area contributed by atoms with Gasteiger partial charge in [-0.3, -0.25) is 4.79 Å². The zero-order valence-electron chi connectivity index (χ0n) is 6.93. The lowest BCUT2D eigenvalue weighted by molar-refractivity contribution is -0.125. The first-order valence-electron chi connectivity index (χ1n) is 4.08. The van der Waals surface area contributed by atoms with Gasteiger partial charge in [-0.1, -0.05) is 6.92 Å². The van der Waals surface area contributed by atoms with E-state index in [2.05, 4.69) is 6.92 Å². The number of nitrogens with two attached hydrogens (primary N) is 1. The summed E-state index contributed by atoms with van der Waals surface area (Å²) in [5.41, 5.74) is 5.60. The molecule has 0 saturated heterocycles. The first-order chi connectivity index (χ1) is 5.22. The van der Waals surface area contributed by atoms with E-state index < -0.39 is 0 Å². The number of carbonyl (C=O) groups excluding carboxylic acids is 1. The van der Waals surface area contributed by atoms with Crippen molar-refractivity contribution in [3.63, 3.8) is 0 Å². The average molecular weight is 173 g/mol. The number of thioether (sulfide) groups is 1. The van der Waals surface area contributed by atoms with Crippen LogP contribution in [-0.2, 0) is 4.79 Å². The molecule has 0 bridgehead atoms. The molecule has 1 rings (SSSR count). The van der Waals surface area contributed by atoms with Gasteiger partial charge in [0.05, 0.1) is 0 Å². The van der Waals surface area contributed by atoms with E-state index in [4.69, 9.17) is 5.73 Å². The molecular formula is C8H15NOS. The normalized spacial score (nSPS) is 21.5. The lowest BCUT2D eigenvalue weighted by atomic mass is 9.83. The van der Waals surface area contributed by atoms with Crippen molar-refractivity contribution in [2.75, 3.05) is 12.3 Å². The van der Waals surface area contributed by atoms with Crippen molar-refractivity contribution in [1.29, 1.82) is 0 Å². The molecule has 1 aliphatic carbocycles. The van der Waals surface area contributed by atoms with Crippen LogP contribution in [0.15, 0.2) is 0 Å². The molecule has 1 fully saturated rings. The smallest absolute Gasteiger partial charge is 0.135 e. The van der Waals surface area contributed by atoms with E-state index in [1.165, 1.54) is 6.42 Å². The molecule has 0 aliphatic heterocycles. The molecule has 1 saturated carbocycles. The van der Waals surface area contributed by atoms with Crippen molar-refractivity contribution in [1.82, 2.24) is 0 Å². The van der Waals surface area contributed by atoms with Crippen LogP contribution in [0.3, 0.4) is 0 Å². The standard InChI is InChI=1S/C8H15NOS/c1-2-3-11-8(6-9)4-7(10)5-8/h2-6,9H2,1H3. The number of hydrogen-bond donors (Lipinski definition) is 1. The Bertz CT molecular complexity index is 150. The van der Waals surface area contributed by atoms with Crippen LogP contribution in [0, 0.1) is 0 Å². The average Bonchev–Trinajstić information content (AvgIpc) is 1.96. The number of hydrogen-bond acceptors (Lipinski definition) is 3. The maximum atomic E-state index is 10.8. The molecule has 1 aliphatic rings. The van der Waals surface area contributed by atoms with Gasteiger partial charge in [0.25, 0.3) is 0 Å². The van der Waals surface area contributed by atoms with Crippen LogP contribution in [0.25, 0.3) is 0 Å². The van der Waals surface area contributed by atoms with Crippen molar-refractivity contribution in [2.45, 2.75) is 30.9 Å². The first kappa shape index (κ1) is 9.07. The number of carbonyl (C=O) groups is 1. The summed E-state index contributed by atoms with van der Waals surface area (Å²) in [6.45, 7) is 2.81. The van der Waals surface area contributed by atoms with Crippen LogP contribution in [0.2, 0.25) is 0 Å². The second-order valence-electron chi connectivity index (χ2n) is 3.13. The number of rotatable bonds is 4. The Kier molecular flexibility index (Phi) is 2.96. The molecule has 11 heavy (non-hydrogen) atoms. The van der Waals surface area contributed by atoms with E-state index in [-0.39, 0.29) is 4.75 Å². The highest BCUT2D eigenvalue weighted by atomic mass is 32.2. The third-order valence-corrected chi connectivity index (χ3v) is 3.70. The van der Waals surface area contributed by atoms with Gasteiger partial charge < -0.3 is 5.73 Å². The van der Waals surface area contributed by atoms with Gasteiger partial charge in [-0.05, 0) is 12.2 Å². The SMILES string of the molecule is CCCSC1(CN)CC(=O)C1. The van der Waals surface area contributed by atoms with Crippen molar-refractivity contribution in [2.24, 2.45) is 5.73 Å². The van der Waals surface area contributed by atoms with Gasteiger partial charge >= 0.3 is 0 Å². The fourth-order valence-corrected chi connectivity index (χ4v) is 2.57. The Hall–Kier alpha value is -0.0200. The van der Waals surface area contributed by atoms with Gasteiger partial charge in [0, 0.05) is 24.1 Å². The van der Waals surface area contributed by atoms with Crippen LogP contribution >= 0.6 is 11.8 Å². The first-order valence-corrected chi connectivity index (χ1v) is 5.07. The van der Waals surface area contributed by atoms with Crippen LogP contribution < -0.4 is 5.73 Å². The number of ketones is 1. The Morgan fingerprint density at radius 2 is 2.27 bits per heavy atom. The Balaban J connectivity index is 2.31. The highest BCUT2D eigenvalue weighted by molar-refractivity contribution is 8.00. The van der Waals surface area contributed by atoms with E-state index in [9.17, 15) is 4.79 Å². The molecule has 2 N–H and O–H groups in total. The zero-order chi connectivity index (χ0) is 8.32. The van der Waals surface area contributed by atoms with E-state index in [0.717, 1.165) is 5.75 Å². The molecule has 0 atom stereocenters. The Morgan fingerprint density at radius 1 is 1.64 bits per heavy atom. The zero-order valence-corrected chi connectivity index (χ0v) is 7.75. The fourth-order valence-electron chi connectivity index (χ4n) is 1.29. The predicted octanol–water partition coefficient (Wildman–Crippen LogP) is 1.19. The molecule has 0 unspecified atom stereocenters. The van der Waals surface area contributed by atoms with E-state index in [0.29, 0.717) is 25.2 Å². The summed E-state index contributed by atoms with van der Waals surface area (Å²) in [7, 11) is 0. The van der Waals surface area contributed by atoms with Crippen molar-refractivity contribution in [3.05, 3.63) is 0 Å². The maximum absolute atomic E-state index is 10.8. The van der Waals surface area contributed by atoms with Gasteiger partial charge in [-0.25, -0.2) is 0 Å². The minimum Gasteiger partial charge on any atom is -0.329 e. The highest BCUT2D eigenvalue weighted by Gasteiger charge is 2.42. The molecule has 0 aromatic carbocycles. The fraction of sp³-hybridized carbons (Fsp3) is 0.875. The second-order valence-corrected chi connectivity index (χ2v) is 4.69. The van der Waals surface area contributed by atoms with Crippen LogP contribution in [0.5, 0.6) is 0 Å². The summed E-state index contributed by atoms with van der Waals surface area (Å²) in [5, 5.41) is 0. The van der Waals surface area contributed by atoms with E-state index in [1.54, 1.807) is 0 Å². The van der Waals surface area contributed by atoms with Crippen molar-refractivity contribution >= 4 is 17.5 Å².